The molecule has 1 aliphatic heterocycles. The molecule has 2 heterocycles. The molecule has 0 spiro atoms. The zero-order valence-electron chi connectivity index (χ0n) is 18.5. The van der Waals surface area contributed by atoms with Crippen LogP contribution in [-0.2, 0) is 17.9 Å². The van der Waals surface area contributed by atoms with Gasteiger partial charge in [-0.3, -0.25) is 14.5 Å². The van der Waals surface area contributed by atoms with Gasteiger partial charge >= 0.3 is 0 Å². The summed E-state index contributed by atoms with van der Waals surface area (Å²) >= 11 is 0. The second kappa shape index (κ2) is 8.18. The van der Waals surface area contributed by atoms with Gasteiger partial charge in [0.15, 0.2) is 5.69 Å². The average Bonchev–Trinajstić information content (AvgIpc) is 3.03. The molecule has 0 radical (unpaired) electrons. The molecular weight excluding hydrogens is 385 g/mol. The van der Waals surface area contributed by atoms with E-state index in [1.807, 2.05) is 45.4 Å². The fourth-order valence-corrected chi connectivity index (χ4v) is 3.70. The molecule has 1 aromatic heterocycles. The average molecular weight is 416 g/mol. The standard InChI is InChI=1S/C22H30FN5O2/c1-13-7-8-14(15(23)11-13)19-25-17(16-12-27(6)9-10-28(16)19)20(29)26-18(21(30)24-5)22(2,3)4/h7-8,11,18H,9-10,12H2,1-6H3,(H,24,30)(H,26,29)/t18-/m1/s1. The van der Waals surface area contributed by atoms with Crippen LogP contribution < -0.4 is 10.6 Å². The number of hydrogen-bond acceptors (Lipinski definition) is 4. The highest BCUT2D eigenvalue weighted by Crippen LogP contribution is 2.29. The highest BCUT2D eigenvalue weighted by Gasteiger charge is 2.35. The van der Waals surface area contributed by atoms with E-state index in [4.69, 9.17) is 0 Å². The van der Waals surface area contributed by atoms with Crippen LogP contribution >= 0.6 is 0 Å². The maximum Gasteiger partial charge on any atom is 0.272 e. The first-order valence-electron chi connectivity index (χ1n) is 10.1. The monoisotopic (exact) mass is 415 g/mol. The summed E-state index contributed by atoms with van der Waals surface area (Å²) in [4.78, 5) is 32.2. The Labute approximate surface area is 176 Å². The molecule has 0 unspecified atom stereocenters. The van der Waals surface area contributed by atoms with E-state index in [0.29, 0.717) is 24.5 Å². The summed E-state index contributed by atoms with van der Waals surface area (Å²) in [6.07, 6.45) is 0. The van der Waals surface area contributed by atoms with E-state index >= 15 is 0 Å². The zero-order valence-corrected chi connectivity index (χ0v) is 18.5. The van der Waals surface area contributed by atoms with Crippen LogP contribution in [0, 0.1) is 18.2 Å². The number of aromatic nitrogens is 2. The number of rotatable bonds is 4. The van der Waals surface area contributed by atoms with Crippen LogP contribution in [0.4, 0.5) is 4.39 Å². The van der Waals surface area contributed by atoms with E-state index < -0.39 is 17.4 Å². The van der Waals surface area contributed by atoms with Crippen LogP contribution in [-0.4, -0.2) is 52.9 Å². The van der Waals surface area contributed by atoms with E-state index in [-0.39, 0.29) is 17.4 Å². The largest absolute Gasteiger partial charge is 0.357 e. The Kier molecular flexibility index (Phi) is 5.99. The molecule has 2 amide bonds. The zero-order chi connectivity index (χ0) is 22.2. The van der Waals surface area contributed by atoms with Crippen molar-refractivity contribution in [3.63, 3.8) is 0 Å². The molecule has 0 bridgehead atoms. The number of fused-ring (bicyclic) bond motifs is 1. The number of carbonyl (C=O) groups excluding carboxylic acids is 2. The first-order chi connectivity index (χ1) is 14.0. The molecule has 7 nitrogen and oxygen atoms in total. The molecule has 1 aliphatic rings. The van der Waals surface area contributed by atoms with E-state index in [9.17, 15) is 14.0 Å². The first kappa shape index (κ1) is 22.0. The van der Waals surface area contributed by atoms with Gasteiger partial charge in [-0.15, -0.1) is 0 Å². The molecule has 2 aromatic rings. The van der Waals surface area contributed by atoms with E-state index in [0.717, 1.165) is 17.8 Å². The van der Waals surface area contributed by atoms with Crippen molar-refractivity contribution in [3.05, 3.63) is 41.0 Å². The number of imidazole rings is 1. The molecule has 8 heteroatoms. The van der Waals surface area contributed by atoms with Gasteiger partial charge in [0.2, 0.25) is 5.91 Å². The highest BCUT2D eigenvalue weighted by molar-refractivity contribution is 5.97. The van der Waals surface area contributed by atoms with E-state index in [1.165, 1.54) is 6.07 Å². The first-order valence-corrected chi connectivity index (χ1v) is 10.1. The normalized spacial score (nSPS) is 15.4. The van der Waals surface area contributed by atoms with Gasteiger partial charge in [0.05, 0.1) is 11.3 Å². The summed E-state index contributed by atoms with van der Waals surface area (Å²) in [6.45, 7) is 9.38. The predicted molar refractivity (Wildman–Crippen MR) is 113 cm³/mol. The number of nitrogens with one attached hydrogen (secondary N) is 2. The van der Waals surface area contributed by atoms with E-state index in [1.54, 1.807) is 13.1 Å². The third-order valence-corrected chi connectivity index (χ3v) is 5.43. The molecule has 1 aromatic carbocycles. The van der Waals surface area contributed by atoms with Crippen LogP contribution in [0.1, 0.15) is 42.5 Å². The Morgan fingerprint density at radius 1 is 1.23 bits per heavy atom. The Balaban J connectivity index is 2.05. The van der Waals surface area contributed by atoms with Crippen LogP contribution in [0.2, 0.25) is 0 Å². The van der Waals surface area contributed by atoms with Gasteiger partial charge in [0, 0.05) is 26.7 Å². The Morgan fingerprint density at radius 2 is 1.93 bits per heavy atom. The maximum atomic E-state index is 14.7. The van der Waals surface area contributed by atoms with Crippen molar-refractivity contribution in [3.8, 4) is 11.4 Å². The fourth-order valence-electron chi connectivity index (χ4n) is 3.70. The van der Waals surface area contributed by atoms with Gasteiger partial charge in [0.25, 0.3) is 5.91 Å². The summed E-state index contributed by atoms with van der Waals surface area (Å²) in [7, 11) is 3.51. The molecule has 162 valence electrons. The predicted octanol–water partition coefficient (Wildman–Crippen LogP) is 2.33. The van der Waals surface area contributed by atoms with Crippen LogP contribution in [0.3, 0.4) is 0 Å². The van der Waals surface area contributed by atoms with Crippen molar-refractivity contribution in [1.82, 2.24) is 25.1 Å². The van der Waals surface area contributed by atoms with Crippen LogP contribution in [0.5, 0.6) is 0 Å². The minimum atomic E-state index is -0.728. The Hall–Kier alpha value is -2.74. The second-order valence-corrected chi connectivity index (χ2v) is 8.99. The van der Waals surface area contributed by atoms with Gasteiger partial charge in [0.1, 0.15) is 17.7 Å². The molecule has 3 rings (SSSR count). The second-order valence-electron chi connectivity index (χ2n) is 8.99. The Morgan fingerprint density at radius 3 is 2.53 bits per heavy atom. The number of aryl methyl sites for hydroxylation is 1. The maximum absolute atomic E-state index is 14.7. The number of amides is 2. The molecular formula is C22H30FN5O2. The number of likely N-dealkylation sites (N-methyl/N-ethyl adjacent to an activating group) is 2. The molecule has 1 atom stereocenters. The number of carbonyl (C=O) groups is 2. The summed E-state index contributed by atoms with van der Waals surface area (Å²) in [6, 6.07) is 4.26. The quantitative estimate of drug-likeness (QED) is 0.803. The molecule has 0 saturated carbocycles. The number of nitrogens with zero attached hydrogens (tertiary/aromatic N) is 3. The minimum Gasteiger partial charge on any atom is -0.357 e. The fraction of sp³-hybridized carbons (Fsp3) is 0.500. The van der Waals surface area contributed by atoms with Gasteiger partial charge < -0.3 is 15.2 Å². The summed E-state index contributed by atoms with van der Waals surface area (Å²) in [5.74, 6) is -0.637. The topological polar surface area (TPSA) is 79.3 Å². The molecule has 30 heavy (non-hydrogen) atoms. The Bertz CT molecular complexity index is 977. The summed E-state index contributed by atoms with van der Waals surface area (Å²) in [5.41, 5.74) is 1.65. The summed E-state index contributed by atoms with van der Waals surface area (Å²) < 4.78 is 16.6. The number of benzene rings is 1. The van der Waals surface area contributed by atoms with Crippen molar-refractivity contribution < 1.29 is 14.0 Å². The molecule has 0 aliphatic carbocycles. The molecule has 0 saturated heterocycles. The lowest BCUT2D eigenvalue weighted by molar-refractivity contribution is -0.124. The van der Waals surface area contributed by atoms with Crippen molar-refractivity contribution in [2.45, 2.75) is 46.8 Å². The van der Waals surface area contributed by atoms with Gasteiger partial charge in [-0.25, -0.2) is 9.37 Å². The van der Waals surface area contributed by atoms with E-state index in [2.05, 4.69) is 20.5 Å². The lowest BCUT2D eigenvalue weighted by Crippen LogP contribution is -2.53. The van der Waals surface area contributed by atoms with Crippen LogP contribution in [0.15, 0.2) is 18.2 Å². The van der Waals surface area contributed by atoms with Crippen molar-refractivity contribution in [2.24, 2.45) is 5.41 Å². The van der Waals surface area contributed by atoms with Crippen molar-refractivity contribution in [1.29, 1.82) is 0 Å². The van der Waals surface area contributed by atoms with Crippen LogP contribution in [0.25, 0.3) is 11.4 Å². The SMILES string of the molecule is CNC(=O)[C@@H](NC(=O)c1nc(-c2ccc(C)cc2F)n2c1CN(C)CC2)C(C)(C)C. The van der Waals surface area contributed by atoms with Gasteiger partial charge in [-0.2, -0.15) is 0 Å². The highest BCUT2D eigenvalue weighted by atomic mass is 19.1. The lowest BCUT2D eigenvalue weighted by Gasteiger charge is -2.30. The number of halogens is 1. The van der Waals surface area contributed by atoms with Crippen molar-refractivity contribution in [2.75, 3.05) is 20.6 Å². The third-order valence-electron chi connectivity index (χ3n) is 5.43. The lowest BCUT2D eigenvalue weighted by atomic mass is 9.86. The smallest absolute Gasteiger partial charge is 0.272 e. The third kappa shape index (κ3) is 4.23. The minimum absolute atomic E-state index is 0.231. The van der Waals surface area contributed by atoms with Gasteiger partial charge in [-0.1, -0.05) is 26.8 Å². The summed E-state index contributed by atoms with van der Waals surface area (Å²) in [5, 5.41) is 5.44. The molecule has 0 fully saturated rings. The van der Waals surface area contributed by atoms with Crippen molar-refractivity contribution >= 4 is 11.8 Å². The number of hydrogen-bond donors (Lipinski definition) is 2. The van der Waals surface area contributed by atoms with Gasteiger partial charge in [-0.05, 0) is 37.1 Å². The molecule has 2 N–H and O–H groups in total.